The summed E-state index contributed by atoms with van der Waals surface area (Å²) < 4.78 is 0. The molecule has 0 fully saturated rings. The molecule has 0 heterocycles. The molecule has 0 spiro atoms. The van der Waals surface area contributed by atoms with Crippen molar-refractivity contribution >= 4 is 0 Å². The fourth-order valence-corrected chi connectivity index (χ4v) is 3.67. The second-order valence-corrected chi connectivity index (χ2v) is 6.60. The molecule has 3 nitrogen and oxygen atoms in total. The van der Waals surface area contributed by atoms with E-state index >= 15 is 0 Å². The lowest BCUT2D eigenvalue weighted by Gasteiger charge is -2.40. The number of phenolic OH excluding ortho intramolecular Hbond substituents is 3. The maximum Gasteiger partial charge on any atom is 0.115 e. The van der Waals surface area contributed by atoms with Crippen molar-refractivity contribution in [1.29, 1.82) is 0 Å². The Morgan fingerprint density at radius 1 is 0.520 bits per heavy atom. The molecular weight excluding hydrogens is 312 g/mol. The van der Waals surface area contributed by atoms with Gasteiger partial charge in [0.05, 0.1) is 0 Å². The number of hydrogen-bond acceptors (Lipinski definition) is 3. The summed E-state index contributed by atoms with van der Waals surface area (Å²) in [4.78, 5) is 0. The fourth-order valence-electron chi connectivity index (χ4n) is 3.67. The normalized spacial score (nSPS) is 11.6. The Labute approximate surface area is 147 Å². The van der Waals surface area contributed by atoms with Crippen LogP contribution in [-0.2, 0) is 5.41 Å². The molecular formula is C22H22O3. The molecule has 0 unspecified atom stereocenters. The van der Waals surface area contributed by atoms with E-state index in [2.05, 4.69) is 13.8 Å². The van der Waals surface area contributed by atoms with E-state index < -0.39 is 5.41 Å². The highest BCUT2D eigenvalue weighted by atomic mass is 16.3. The van der Waals surface area contributed by atoms with Crippen molar-refractivity contribution in [3.8, 4) is 17.2 Å². The summed E-state index contributed by atoms with van der Waals surface area (Å²) >= 11 is 0. The Kier molecular flexibility index (Phi) is 4.41. The Morgan fingerprint density at radius 3 is 0.960 bits per heavy atom. The quantitative estimate of drug-likeness (QED) is 0.601. The maximum atomic E-state index is 9.71. The standard InChI is InChI=1S/C22H22O3/c1-15(2)22(16-3-9-19(23)10-4-16,17-5-11-20(24)12-6-17)18-7-13-21(25)14-8-18/h3-15,23-25H,1-2H3. The van der Waals surface area contributed by atoms with Crippen LogP contribution in [0.1, 0.15) is 30.5 Å². The first kappa shape index (κ1) is 16.9. The third-order valence-corrected chi connectivity index (χ3v) is 4.83. The van der Waals surface area contributed by atoms with Crippen LogP contribution in [0.25, 0.3) is 0 Å². The molecule has 0 aliphatic heterocycles. The SMILES string of the molecule is CC(C)C(c1ccc(O)cc1)(c1ccc(O)cc1)c1ccc(O)cc1. The Hall–Kier alpha value is -2.94. The van der Waals surface area contributed by atoms with E-state index in [-0.39, 0.29) is 23.2 Å². The molecule has 0 aliphatic carbocycles. The average molecular weight is 334 g/mol. The molecule has 0 aromatic heterocycles. The molecule has 0 radical (unpaired) electrons. The summed E-state index contributed by atoms with van der Waals surface area (Å²) in [6.07, 6.45) is 0. The Balaban J connectivity index is 2.33. The van der Waals surface area contributed by atoms with Gasteiger partial charge >= 0.3 is 0 Å². The van der Waals surface area contributed by atoms with Gasteiger partial charge in [-0.15, -0.1) is 0 Å². The second kappa shape index (κ2) is 6.52. The largest absolute Gasteiger partial charge is 0.508 e. The summed E-state index contributed by atoms with van der Waals surface area (Å²) in [5, 5.41) is 29.1. The van der Waals surface area contributed by atoms with Crippen LogP contribution in [0.4, 0.5) is 0 Å². The minimum Gasteiger partial charge on any atom is -0.508 e. The van der Waals surface area contributed by atoms with Crippen LogP contribution >= 0.6 is 0 Å². The minimum absolute atomic E-state index is 0.186. The van der Waals surface area contributed by atoms with Crippen LogP contribution in [0, 0.1) is 5.92 Å². The molecule has 3 rings (SSSR count). The van der Waals surface area contributed by atoms with E-state index in [1.165, 1.54) is 0 Å². The first-order valence-corrected chi connectivity index (χ1v) is 8.33. The summed E-state index contributed by atoms with van der Waals surface area (Å²) in [5.41, 5.74) is 2.64. The number of aromatic hydroxyl groups is 3. The lowest BCUT2D eigenvalue weighted by atomic mass is 9.63. The van der Waals surface area contributed by atoms with E-state index in [0.29, 0.717) is 0 Å². The molecule has 3 aromatic rings. The summed E-state index contributed by atoms with van der Waals surface area (Å²) in [7, 11) is 0. The van der Waals surface area contributed by atoms with E-state index in [1.54, 1.807) is 36.4 Å². The van der Waals surface area contributed by atoms with E-state index in [4.69, 9.17) is 0 Å². The molecule has 25 heavy (non-hydrogen) atoms. The summed E-state index contributed by atoms with van der Waals surface area (Å²) in [6, 6.07) is 21.7. The fraction of sp³-hybridized carbons (Fsp3) is 0.182. The first-order valence-electron chi connectivity index (χ1n) is 8.33. The Morgan fingerprint density at radius 2 is 0.760 bits per heavy atom. The van der Waals surface area contributed by atoms with Crippen molar-refractivity contribution in [2.24, 2.45) is 5.92 Å². The minimum atomic E-state index is -0.477. The zero-order chi connectivity index (χ0) is 18.0. The molecule has 3 heteroatoms. The molecule has 128 valence electrons. The van der Waals surface area contributed by atoms with Crippen molar-refractivity contribution in [1.82, 2.24) is 0 Å². The van der Waals surface area contributed by atoms with Crippen molar-refractivity contribution in [3.05, 3.63) is 89.5 Å². The van der Waals surface area contributed by atoms with Gasteiger partial charge in [0.1, 0.15) is 17.2 Å². The van der Waals surface area contributed by atoms with Crippen molar-refractivity contribution in [2.45, 2.75) is 19.3 Å². The predicted octanol–water partition coefficient (Wildman–Crippen LogP) is 4.79. The van der Waals surface area contributed by atoms with Crippen molar-refractivity contribution in [2.75, 3.05) is 0 Å². The van der Waals surface area contributed by atoms with Crippen LogP contribution in [0.5, 0.6) is 17.2 Å². The van der Waals surface area contributed by atoms with Gasteiger partial charge in [0.25, 0.3) is 0 Å². The smallest absolute Gasteiger partial charge is 0.115 e. The average Bonchev–Trinajstić information content (AvgIpc) is 2.60. The van der Waals surface area contributed by atoms with Crippen LogP contribution in [0.2, 0.25) is 0 Å². The number of phenols is 3. The first-order chi connectivity index (χ1) is 11.9. The number of rotatable bonds is 4. The lowest BCUT2D eigenvalue weighted by Crippen LogP contribution is -2.35. The maximum absolute atomic E-state index is 9.71. The van der Waals surface area contributed by atoms with Crippen LogP contribution in [0.15, 0.2) is 72.8 Å². The topological polar surface area (TPSA) is 60.7 Å². The molecule has 0 aliphatic rings. The molecule has 3 aromatic carbocycles. The zero-order valence-corrected chi connectivity index (χ0v) is 14.3. The van der Waals surface area contributed by atoms with Crippen LogP contribution in [0.3, 0.4) is 0 Å². The number of hydrogen-bond donors (Lipinski definition) is 3. The van der Waals surface area contributed by atoms with Gasteiger partial charge in [-0.2, -0.15) is 0 Å². The van der Waals surface area contributed by atoms with Crippen LogP contribution in [-0.4, -0.2) is 15.3 Å². The third-order valence-electron chi connectivity index (χ3n) is 4.83. The number of benzene rings is 3. The van der Waals surface area contributed by atoms with Gasteiger partial charge in [0, 0.05) is 5.41 Å². The van der Waals surface area contributed by atoms with Crippen molar-refractivity contribution in [3.63, 3.8) is 0 Å². The van der Waals surface area contributed by atoms with Crippen molar-refractivity contribution < 1.29 is 15.3 Å². The highest BCUT2D eigenvalue weighted by molar-refractivity contribution is 5.53. The molecule has 0 saturated heterocycles. The van der Waals surface area contributed by atoms with Gasteiger partial charge < -0.3 is 15.3 Å². The lowest BCUT2D eigenvalue weighted by molar-refractivity contribution is 0.431. The highest BCUT2D eigenvalue weighted by Gasteiger charge is 2.39. The van der Waals surface area contributed by atoms with Gasteiger partial charge in [0.2, 0.25) is 0 Å². The van der Waals surface area contributed by atoms with Gasteiger partial charge in [-0.25, -0.2) is 0 Å². The van der Waals surface area contributed by atoms with E-state index in [1.807, 2.05) is 36.4 Å². The molecule has 3 N–H and O–H groups in total. The predicted molar refractivity (Wildman–Crippen MR) is 99.0 cm³/mol. The third kappa shape index (κ3) is 2.93. The second-order valence-electron chi connectivity index (χ2n) is 6.60. The van der Waals surface area contributed by atoms with Gasteiger partial charge in [0.15, 0.2) is 0 Å². The zero-order valence-electron chi connectivity index (χ0n) is 14.3. The molecule has 0 atom stereocenters. The summed E-state index contributed by atoms with van der Waals surface area (Å²) in [5.74, 6) is 0.847. The molecule has 0 amide bonds. The highest BCUT2D eigenvalue weighted by Crippen LogP contribution is 2.46. The summed E-state index contributed by atoms with van der Waals surface area (Å²) in [6.45, 7) is 4.29. The monoisotopic (exact) mass is 334 g/mol. The molecule has 0 bridgehead atoms. The van der Waals surface area contributed by atoms with E-state index in [9.17, 15) is 15.3 Å². The van der Waals surface area contributed by atoms with Gasteiger partial charge in [-0.3, -0.25) is 0 Å². The van der Waals surface area contributed by atoms with Crippen LogP contribution < -0.4 is 0 Å². The van der Waals surface area contributed by atoms with E-state index in [0.717, 1.165) is 16.7 Å². The molecule has 0 saturated carbocycles. The Bertz CT molecular complexity index is 721. The van der Waals surface area contributed by atoms with Gasteiger partial charge in [-0.1, -0.05) is 50.2 Å². The van der Waals surface area contributed by atoms with Gasteiger partial charge in [-0.05, 0) is 59.0 Å².